The number of hydrogen-bond donors (Lipinski definition) is 2. The van der Waals surface area contributed by atoms with Gasteiger partial charge in [0.15, 0.2) is 0 Å². The number of nitrogens with one attached hydrogen (secondary N) is 2. The molecule has 1 heterocycles. The van der Waals surface area contributed by atoms with Gasteiger partial charge in [-0.3, -0.25) is 14.3 Å². The second-order valence-corrected chi connectivity index (χ2v) is 7.45. The number of aromatic nitrogens is 2. The van der Waals surface area contributed by atoms with E-state index in [1.54, 1.807) is 23.9 Å². The van der Waals surface area contributed by atoms with Gasteiger partial charge in [-0.2, -0.15) is 16.9 Å². The number of carbonyl (C=O) groups excluding carboxylic acids is 2. The third kappa shape index (κ3) is 6.75. The summed E-state index contributed by atoms with van der Waals surface area (Å²) in [6.45, 7) is 5.30. The molecule has 0 aliphatic heterocycles. The highest BCUT2D eigenvalue weighted by Crippen LogP contribution is 2.05. The summed E-state index contributed by atoms with van der Waals surface area (Å²) >= 11 is 1.66. The Labute approximate surface area is 165 Å². The maximum absolute atomic E-state index is 12.5. The number of benzene rings is 1. The Morgan fingerprint density at radius 2 is 1.96 bits per heavy atom. The van der Waals surface area contributed by atoms with Gasteiger partial charge in [0, 0.05) is 24.3 Å². The van der Waals surface area contributed by atoms with E-state index in [2.05, 4.69) is 15.7 Å². The van der Waals surface area contributed by atoms with Crippen molar-refractivity contribution in [3.63, 3.8) is 0 Å². The molecule has 0 saturated carbocycles. The van der Waals surface area contributed by atoms with Gasteiger partial charge in [0.05, 0.1) is 5.69 Å². The minimum atomic E-state index is -0.529. The lowest BCUT2D eigenvalue weighted by atomic mass is 10.1. The van der Waals surface area contributed by atoms with E-state index < -0.39 is 6.04 Å². The van der Waals surface area contributed by atoms with Crippen molar-refractivity contribution in [2.75, 3.05) is 18.6 Å². The summed E-state index contributed by atoms with van der Waals surface area (Å²) in [5.41, 5.74) is 2.67. The van der Waals surface area contributed by atoms with Crippen molar-refractivity contribution in [2.24, 2.45) is 0 Å². The zero-order valence-corrected chi connectivity index (χ0v) is 17.0. The topological polar surface area (TPSA) is 76.0 Å². The summed E-state index contributed by atoms with van der Waals surface area (Å²) in [4.78, 5) is 24.9. The maximum atomic E-state index is 12.5. The summed E-state index contributed by atoms with van der Waals surface area (Å²) in [7, 11) is 0. The van der Waals surface area contributed by atoms with Gasteiger partial charge in [-0.05, 0) is 56.9 Å². The van der Waals surface area contributed by atoms with E-state index in [9.17, 15) is 9.59 Å². The number of hydrogen-bond acceptors (Lipinski definition) is 4. The van der Waals surface area contributed by atoms with Crippen LogP contribution in [0.25, 0.3) is 0 Å². The largest absolute Gasteiger partial charge is 0.354 e. The minimum absolute atomic E-state index is 0.137. The molecular formula is C20H28N4O2S. The molecule has 0 bridgehead atoms. The predicted octanol–water partition coefficient (Wildman–Crippen LogP) is 2.56. The molecule has 0 aliphatic carbocycles. The lowest BCUT2D eigenvalue weighted by Crippen LogP contribution is -2.47. The van der Waals surface area contributed by atoms with Crippen LogP contribution in [0.15, 0.2) is 36.4 Å². The van der Waals surface area contributed by atoms with Gasteiger partial charge in [0.25, 0.3) is 5.91 Å². The van der Waals surface area contributed by atoms with Crippen molar-refractivity contribution in [1.29, 1.82) is 0 Å². The monoisotopic (exact) mass is 388 g/mol. The van der Waals surface area contributed by atoms with Gasteiger partial charge >= 0.3 is 0 Å². The third-order valence-corrected chi connectivity index (χ3v) is 4.86. The molecule has 2 amide bonds. The molecule has 1 aromatic carbocycles. The summed E-state index contributed by atoms with van der Waals surface area (Å²) in [6, 6.07) is 10.5. The van der Waals surface area contributed by atoms with E-state index in [0.717, 1.165) is 30.1 Å². The second kappa shape index (κ2) is 10.8. The Bertz CT molecular complexity index is 746. The van der Waals surface area contributed by atoms with Crippen molar-refractivity contribution in [3.05, 3.63) is 53.3 Å². The van der Waals surface area contributed by atoms with Crippen LogP contribution in [-0.2, 0) is 11.3 Å². The summed E-state index contributed by atoms with van der Waals surface area (Å²) in [5.74, 6) is 0.444. The Hall–Kier alpha value is -2.28. The average molecular weight is 389 g/mol. The minimum Gasteiger partial charge on any atom is -0.354 e. The summed E-state index contributed by atoms with van der Waals surface area (Å²) in [6.07, 6.45) is 3.38. The van der Waals surface area contributed by atoms with Crippen molar-refractivity contribution in [1.82, 2.24) is 20.4 Å². The van der Waals surface area contributed by atoms with Crippen LogP contribution < -0.4 is 10.6 Å². The van der Waals surface area contributed by atoms with Crippen LogP contribution in [0.4, 0.5) is 0 Å². The molecular weight excluding hydrogens is 360 g/mol. The highest BCUT2D eigenvalue weighted by atomic mass is 32.2. The first-order valence-electron chi connectivity index (χ1n) is 9.15. The molecule has 0 unspecified atom stereocenters. The van der Waals surface area contributed by atoms with Crippen LogP contribution in [0, 0.1) is 13.8 Å². The molecule has 146 valence electrons. The highest BCUT2D eigenvalue weighted by Gasteiger charge is 2.20. The van der Waals surface area contributed by atoms with Crippen LogP contribution in [0.2, 0.25) is 0 Å². The van der Waals surface area contributed by atoms with Crippen molar-refractivity contribution in [2.45, 2.75) is 39.3 Å². The number of carbonyl (C=O) groups is 2. The van der Waals surface area contributed by atoms with Gasteiger partial charge in [0.2, 0.25) is 5.91 Å². The predicted molar refractivity (Wildman–Crippen MR) is 110 cm³/mol. The normalized spacial score (nSPS) is 11.8. The molecule has 6 nitrogen and oxygen atoms in total. The Morgan fingerprint density at radius 1 is 1.22 bits per heavy atom. The zero-order chi connectivity index (χ0) is 19.6. The fourth-order valence-electron chi connectivity index (χ4n) is 2.80. The molecule has 2 N–H and O–H groups in total. The summed E-state index contributed by atoms with van der Waals surface area (Å²) < 4.78 is 1.95. The van der Waals surface area contributed by atoms with E-state index in [4.69, 9.17) is 0 Å². The van der Waals surface area contributed by atoms with Crippen LogP contribution >= 0.6 is 11.8 Å². The van der Waals surface area contributed by atoms with Crippen molar-refractivity contribution < 1.29 is 9.59 Å². The van der Waals surface area contributed by atoms with Crippen LogP contribution in [0.5, 0.6) is 0 Å². The Morgan fingerprint density at radius 3 is 2.59 bits per heavy atom. The van der Waals surface area contributed by atoms with Crippen molar-refractivity contribution in [3.8, 4) is 0 Å². The molecule has 7 heteroatoms. The third-order valence-electron chi connectivity index (χ3n) is 4.22. The average Bonchev–Trinajstić information content (AvgIpc) is 2.99. The smallest absolute Gasteiger partial charge is 0.251 e. The Kier molecular flexibility index (Phi) is 8.39. The van der Waals surface area contributed by atoms with E-state index in [1.807, 2.05) is 49.1 Å². The van der Waals surface area contributed by atoms with Gasteiger partial charge in [0.1, 0.15) is 6.04 Å². The van der Waals surface area contributed by atoms with Crippen LogP contribution in [0.1, 0.15) is 34.6 Å². The lowest BCUT2D eigenvalue weighted by molar-refractivity contribution is -0.123. The van der Waals surface area contributed by atoms with E-state index >= 15 is 0 Å². The quantitative estimate of drug-likeness (QED) is 0.614. The van der Waals surface area contributed by atoms with E-state index in [0.29, 0.717) is 18.5 Å². The number of aryl methyl sites for hydroxylation is 3. The van der Waals surface area contributed by atoms with Crippen molar-refractivity contribution >= 4 is 23.6 Å². The molecule has 2 aromatic rings. The van der Waals surface area contributed by atoms with E-state index in [1.165, 1.54) is 0 Å². The fourth-order valence-corrected chi connectivity index (χ4v) is 3.27. The number of nitrogens with zero attached hydrogens (tertiary/aromatic N) is 2. The van der Waals surface area contributed by atoms with Gasteiger partial charge in [-0.1, -0.05) is 18.2 Å². The second-order valence-electron chi connectivity index (χ2n) is 6.47. The first-order valence-corrected chi connectivity index (χ1v) is 10.5. The molecule has 2 rings (SSSR count). The van der Waals surface area contributed by atoms with Gasteiger partial charge < -0.3 is 10.6 Å². The fraction of sp³-hybridized carbons (Fsp3) is 0.450. The standard InChI is InChI=1S/C20H28N4O2S/c1-15-14-16(2)24(23-15)12-7-11-21-20(26)18(10-13-27-3)22-19(25)17-8-5-4-6-9-17/h4-6,8-9,14,18H,7,10-13H2,1-3H3,(H,21,26)(H,22,25)/t18-/m0/s1. The van der Waals surface area contributed by atoms with Crippen LogP contribution in [-0.4, -0.2) is 46.2 Å². The zero-order valence-electron chi connectivity index (χ0n) is 16.2. The molecule has 0 aliphatic rings. The molecule has 0 saturated heterocycles. The first-order chi connectivity index (χ1) is 13.0. The van der Waals surface area contributed by atoms with Gasteiger partial charge in [-0.15, -0.1) is 0 Å². The Balaban J connectivity index is 1.84. The SMILES string of the molecule is CSCC[C@H](NC(=O)c1ccccc1)C(=O)NCCCn1nc(C)cc1C. The summed E-state index contributed by atoms with van der Waals surface area (Å²) in [5, 5.41) is 10.2. The molecule has 0 spiro atoms. The maximum Gasteiger partial charge on any atom is 0.251 e. The molecule has 1 atom stereocenters. The lowest BCUT2D eigenvalue weighted by Gasteiger charge is -2.18. The molecule has 27 heavy (non-hydrogen) atoms. The van der Waals surface area contributed by atoms with E-state index in [-0.39, 0.29) is 11.8 Å². The van der Waals surface area contributed by atoms with Crippen LogP contribution in [0.3, 0.4) is 0 Å². The first kappa shape index (κ1) is 21.0. The van der Waals surface area contributed by atoms with Gasteiger partial charge in [-0.25, -0.2) is 0 Å². The number of amides is 2. The number of thioether (sulfide) groups is 1. The highest BCUT2D eigenvalue weighted by molar-refractivity contribution is 7.98. The molecule has 0 radical (unpaired) electrons. The molecule has 0 fully saturated rings. The molecule has 1 aromatic heterocycles. The number of rotatable bonds is 10.